The molecule has 0 aliphatic heterocycles. The minimum atomic E-state index is -3.66. The molecule has 6 nitrogen and oxygen atoms in total. The highest BCUT2D eigenvalue weighted by molar-refractivity contribution is 7.91. The Labute approximate surface area is 177 Å². The third-order valence-corrected chi connectivity index (χ3v) is 6.12. The van der Waals surface area contributed by atoms with Crippen LogP contribution < -0.4 is 5.32 Å². The fraction of sp³-hybridized carbons (Fsp3) is 0.304. The van der Waals surface area contributed by atoms with Gasteiger partial charge in [-0.25, -0.2) is 13.4 Å². The van der Waals surface area contributed by atoms with Crippen LogP contribution in [0.5, 0.6) is 0 Å². The van der Waals surface area contributed by atoms with Crippen LogP contribution in [0.1, 0.15) is 29.0 Å². The van der Waals surface area contributed by atoms with Crippen LogP contribution in [0.3, 0.4) is 0 Å². The van der Waals surface area contributed by atoms with Gasteiger partial charge < -0.3 is 9.73 Å². The molecule has 1 N–H and O–H groups in total. The molecule has 0 aliphatic carbocycles. The molecular formula is C23H26N2O4S. The molecule has 0 aliphatic rings. The van der Waals surface area contributed by atoms with E-state index in [4.69, 9.17) is 4.42 Å². The van der Waals surface area contributed by atoms with E-state index in [0.717, 1.165) is 24.0 Å². The highest BCUT2D eigenvalue weighted by Crippen LogP contribution is 2.23. The smallest absolute Gasteiger partial charge is 0.235 e. The molecule has 0 bridgehead atoms. The number of nitrogens with zero attached hydrogens (tertiary/aromatic N) is 1. The maximum absolute atomic E-state index is 12.5. The molecule has 7 heteroatoms. The SMILES string of the molecule is Cc1ccc(-c2nc(CS(=O)(=O)CC(=O)NCCCc3ccccc3)c(C)o2)cc1. The lowest BCUT2D eigenvalue weighted by Gasteiger charge is -2.06. The van der Waals surface area contributed by atoms with Crippen molar-refractivity contribution in [2.45, 2.75) is 32.4 Å². The van der Waals surface area contributed by atoms with Crippen molar-refractivity contribution in [3.8, 4) is 11.5 Å². The first kappa shape index (κ1) is 21.8. The molecule has 0 fully saturated rings. The van der Waals surface area contributed by atoms with E-state index in [0.29, 0.717) is 23.9 Å². The standard InChI is InChI=1S/C23H26N2O4S/c1-17-10-12-20(13-11-17)23-25-21(18(2)29-23)15-30(27,28)16-22(26)24-14-6-9-19-7-4-3-5-8-19/h3-5,7-8,10-13H,6,9,14-16H2,1-2H3,(H,24,26). The molecule has 1 heterocycles. The average Bonchev–Trinajstić information content (AvgIpc) is 3.06. The van der Waals surface area contributed by atoms with Crippen LogP contribution in [0.4, 0.5) is 0 Å². The first-order valence-corrected chi connectivity index (χ1v) is 11.7. The highest BCUT2D eigenvalue weighted by Gasteiger charge is 2.22. The molecule has 0 saturated heterocycles. The summed E-state index contributed by atoms with van der Waals surface area (Å²) in [7, 11) is -3.66. The minimum absolute atomic E-state index is 0.328. The summed E-state index contributed by atoms with van der Waals surface area (Å²) in [6, 6.07) is 17.6. The second kappa shape index (κ2) is 9.71. The number of oxazole rings is 1. The molecule has 158 valence electrons. The summed E-state index contributed by atoms with van der Waals surface area (Å²) < 4.78 is 30.6. The first-order valence-electron chi connectivity index (χ1n) is 9.87. The van der Waals surface area contributed by atoms with Crippen molar-refractivity contribution in [3.63, 3.8) is 0 Å². The van der Waals surface area contributed by atoms with Crippen LogP contribution in [0.15, 0.2) is 59.0 Å². The minimum Gasteiger partial charge on any atom is -0.441 e. The molecule has 2 aromatic carbocycles. The highest BCUT2D eigenvalue weighted by atomic mass is 32.2. The summed E-state index contributed by atoms with van der Waals surface area (Å²) in [6.45, 7) is 4.10. The van der Waals surface area contributed by atoms with Gasteiger partial charge in [0, 0.05) is 12.1 Å². The molecule has 3 rings (SSSR count). The number of rotatable bonds is 9. The van der Waals surface area contributed by atoms with Crippen LogP contribution >= 0.6 is 0 Å². The van der Waals surface area contributed by atoms with Crippen molar-refractivity contribution in [1.82, 2.24) is 10.3 Å². The number of aromatic nitrogens is 1. The molecule has 0 spiro atoms. The number of sulfone groups is 1. The van der Waals surface area contributed by atoms with Gasteiger partial charge in [-0.3, -0.25) is 4.79 Å². The number of aryl methyl sites for hydroxylation is 3. The molecule has 1 aromatic heterocycles. The van der Waals surface area contributed by atoms with Gasteiger partial charge in [-0.15, -0.1) is 0 Å². The van der Waals surface area contributed by atoms with Crippen molar-refractivity contribution in [2.75, 3.05) is 12.3 Å². The Morgan fingerprint density at radius 1 is 1.03 bits per heavy atom. The largest absolute Gasteiger partial charge is 0.441 e. The molecule has 0 saturated carbocycles. The summed E-state index contributed by atoms with van der Waals surface area (Å²) in [4.78, 5) is 16.4. The van der Waals surface area contributed by atoms with E-state index in [1.807, 2.05) is 61.5 Å². The molecule has 0 unspecified atom stereocenters. The average molecular weight is 427 g/mol. The van der Waals surface area contributed by atoms with E-state index in [1.165, 1.54) is 5.56 Å². The number of carbonyl (C=O) groups excluding carboxylic acids is 1. The number of amides is 1. The van der Waals surface area contributed by atoms with Crippen molar-refractivity contribution in [1.29, 1.82) is 0 Å². The monoisotopic (exact) mass is 426 g/mol. The van der Waals surface area contributed by atoms with Gasteiger partial charge in [-0.2, -0.15) is 0 Å². The zero-order chi connectivity index (χ0) is 21.6. The lowest BCUT2D eigenvalue weighted by Crippen LogP contribution is -2.31. The Morgan fingerprint density at radius 3 is 2.43 bits per heavy atom. The van der Waals surface area contributed by atoms with E-state index in [-0.39, 0.29) is 5.75 Å². The van der Waals surface area contributed by atoms with Crippen LogP contribution in [-0.4, -0.2) is 31.6 Å². The van der Waals surface area contributed by atoms with Crippen LogP contribution in [0.2, 0.25) is 0 Å². The molecule has 0 atom stereocenters. The van der Waals surface area contributed by atoms with Crippen LogP contribution in [0.25, 0.3) is 11.5 Å². The van der Waals surface area contributed by atoms with E-state index in [1.54, 1.807) is 6.92 Å². The number of hydrogen-bond acceptors (Lipinski definition) is 5. The predicted molar refractivity (Wildman–Crippen MR) is 117 cm³/mol. The predicted octanol–water partition coefficient (Wildman–Crippen LogP) is 3.62. The number of nitrogens with one attached hydrogen (secondary N) is 1. The topological polar surface area (TPSA) is 89.3 Å². The van der Waals surface area contributed by atoms with Crippen molar-refractivity contribution >= 4 is 15.7 Å². The quantitative estimate of drug-likeness (QED) is 0.528. The van der Waals surface area contributed by atoms with Gasteiger partial charge in [-0.1, -0.05) is 48.0 Å². The Kier molecular flexibility index (Phi) is 7.05. The van der Waals surface area contributed by atoms with Crippen LogP contribution in [0, 0.1) is 13.8 Å². The van der Waals surface area contributed by atoms with Gasteiger partial charge in [0.15, 0.2) is 9.84 Å². The fourth-order valence-corrected chi connectivity index (χ4v) is 4.34. The fourth-order valence-electron chi connectivity index (χ4n) is 3.06. The summed E-state index contributed by atoms with van der Waals surface area (Å²) >= 11 is 0. The molecule has 3 aromatic rings. The van der Waals surface area contributed by atoms with Gasteiger partial charge in [0.1, 0.15) is 11.5 Å². The van der Waals surface area contributed by atoms with Crippen molar-refractivity contribution < 1.29 is 17.6 Å². The van der Waals surface area contributed by atoms with Gasteiger partial charge in [0.05, 0.1) is 11.4 Å². The Bertz CT molecular complexity index is 1090. The van der Waals surface area contributed by atoms with E-state index >= 15 is 0 Å². The van der Waals surface area contributed by atoms with Gasteiger partial charge in [0.2, 0.25) is 11.8 Å². The molecule has 0 radical (unpaired) electrons. The zero-order valence-corrected chi connectivity index (χ0v) is 18.0. The summed E-state index contributed by atoms with van der Waals surface area (Å²) in [6.07, 6.45) is 1.58. The van der Waals surface area contributed by atoms with E-state index in [9.17, 15) is 13.2 Å². The van der Waals surface area contributed by atoms with Gasteiger partial charge in [0.25, 0.3) is 0 Å². The third kappa shape index (κ3) is 6.29. The maximum atomic E-state index is 12.5. The first-order chi connectivity index (χ1) is 14.3. The lowest BCUT2D eigenvalue weighted by molar-refractivity contribution is -0.118. The number of hydrogen-bond donors (Lipinski definition) is 1. The number of benzene rings is 2. The Morgan fingerprint density at radius 2 is 1.73 bits per heavy atom. The van der Waals surface area contributed by atoms with Gasteiger partial charge in [-0.05, 0) is 44.4 Å². The molecule has 1 amide bonds. The second-order valence-corrected chi connectivity index (χ2v) is 9.42. The normalized spacial score (nSPS) is 11.4. The van der Waals surface area contributed by atoms with Crippen molar-refractivity contribution in [2.24, 2.45) is 0 Å². The lowest BCUT2D eigenvalue weighted by atomic mass is 10.1. The maximum Gasteiger partial charge on any atom is 0.235 e. The number of carbonyl (C=O) groups is 1. The summed E-state index contributed by atoms with van der Waals surface area (Å²) in [5.74, 6) is -0.570. The Balaban J connectivity index is 1.52. The molecular weight excluding hydrogens is 400 g/mol. The zero-order valence-electron chi connectivity index (χ0n) is 17.2. The van der Waals surface area contributed by atoms with E-state index in [2.05, 4.69) is 10.3 Å². The van der Waals surface area contributed by atoms with Crippen LogP contribution in [-0.2, 0) is 26.8 Å². The summed E-state index contributed by atoms with van der Waals surface area (Å²) in [5.41, 5.74) is 3.41. The second-order valence-electron chi connectivity index (χ2n) is 7.36. The van der Waals surface area contributed by atoms with Crippen molar-refractivity contribution in [3.05, 3.63) is 77.2 Å². The third-order valence-electron chi connectivity index (χ3n) is 4.71. The van der Waals surface area contributed by atoms with E-state index < -0.39 is 21.5 Å². The summed E-state index contributed by atoms with van der Waals surface area (Å²) in [5, 5.41) is 2.68. The molecule has 30 heavy (non-hydrogen) atoms. The van der Waals surface area contributed by atoms with Gasteiger partial charge >= 0.3 is 0 Å². The Hall–Kier alpha value is -2.93.